The van der Waals surface area contributed by atoms with E-state index >= 15 is 0 Å². The van der Waals surface area contributed by atoms with Gasteiger partial charge in [0.2, 0.25) is 0 Å². The minimum Gasteiger partial charge on any atom is -0.478 e. The summed E-state index contributed by atoms with van der Waals surface area (Å²) in [6.07, 6.45) is 0. The zero-order valence-electron chi connectivity index (χ0n) is 11.4. The van der Waals surface area contributed by atoms with Gasteiger partial charge in [0, 0.05) is 25.8 Å². The quantitative estimate of drug-likeness (QED) is 0.813. The fourth-order valence-corrected chi connectivity index (χ4v) is 1.83. The number of nitrogen functional groups attached to an aromatic ring is 1. The molecule has 2 amide bonds. The van der Waals surface area contributed by atoms with Crippen molar-refractivity contribution in [3.8, 4) is 0 Å². The first kappa shape index (κ1) is 14.8. The highest BCUT2D eigenvalue weighted by Gasteiger charge is 2.21. The van der Waals surface area contributed by atoms with Gasteiger partial charge in [-0.2, -0.15) is 0 Å². The smallest absolute Gasteiger partial charge is 0.337 e. The Kier molecular flexibility index (Phi) is 4.74. The van der Waals surface area contributed by atoms with Gasteiger partial charge in [0.15, 0.2) is 0 Å². The Labute approximate surface area is 112 Å². The molecule has 1 aromatic carbocycles. The van der Waals surface area contributed by atoms with Crippen LogP contribution in [0.2, 0.25) is 0 Å². The highest BCUT2D eigenvalue weighted by molar-refractivity contribution is 6.01. The van der Waals surface area contributed by atoms with Crippen LogP contribution in [0.25, 0.3) is 0 Å². The average Bonchev–Trinajstić information content (AvgIpc) is 2.39. The van der Waals surface area contributed by atoms with E-state index in [4.69, 9.17) is 10.8 Å². The van der Waals surface area contributed by atoms with E-state index in [-0.39, 0.29) is 11.6 Å². The largest absolute Gasteiger partial charge is 0.478 e. The molecule has 0 spiro atoms. The number of aromatic carboxylic acids is 1. The lowest BCUT2D eigenvalue weighted by Crippen LogP contribution is -2.41. The molecule has 0 aromatic heterocycles. The lowest BCUT2D eigenvalue weighted by atomic mass is 10.1. The van der Waals surface area contributed by atoms with Gasteiger partial charge in [-0.25, -0.2) is 9.59 Å². The third-order valence-corrected chi connectivity index (χ3v) is 2.93. The van der Waals surface area contributed by atoms with Gasteiger partial charge in [-0.3, -0.25) is 4.90 Å². The molecule has 0 atom stereocenters. The molecule has 104 valence electrons. The molecule has 6 nitrogen and oxygen atoms in total. The molecule has 1 aromatic rings. The summed E-state index contributed by atoms with van der Waals surface area (Å²) in [7, 11) is 1.55. The number of nitrogens with zero attached hydrogens (tertiary/aromatic N) is 2. The second-order valence-electron chi connectivity index (χ2n) is 4.10. The number of carbonyl (C=O) groups is 2. The molecule has 0 unspecified atom stereocenters. The average molecular weight is 265 g/mol. The van der Waals surface area contributed by atoms with Crippen molar-refractivity contribution in [3.05, 3.63) is 23.8 Å². The maximum Gasteiger partial charge on any atom is 0.337 e. The molecule has 0 aliphatic heterocycles. The topological polar surface area (TPSA) is 86.9 Å². The number of hydrogen-bond donors (Lipinski definition) is 2. The van der Waals surface area contributed by atoms with E-state index in [2.05, 4.69) is 0 Å². The summed E-state index contributed by atoms with van der Waals surface area (Å²) in [6, 6.07) is 4.23. The molecule has 0 radical (unpaired) electrons. The van der Waals surface area contributed by atoms with Crippen molar-refractivity contribution in [2.45, 2.75) is 13.8 Å². The lowest BCUT2D eigenvalue weighted by Gasteiger charge is -2.27. The monoisotopic (exact) mass is 265 g/mol. The predicted molar refractivity (Wildman–Crippen MR) is 74.5 cm³/mol. The molecule has 0 saturated heterocycles. The Bertz CT molecular complexity index is 484. The summed E-state index contributed by atoms with van der Waals surface area (Å²) < 4.78 is 0. The number of carboxylic acids is 1. The third kappa shape index (κ3) is 3.15. The van der Waals surface area contributed by atoms with E-state index in [0.717, 1.165) is 0 Å². The normalized spacial score (nSPS) is 10.1. The van der Waals surface area contributed by atoms with Crippen LogP contribution in [0.5, 0.6) is 0 Å². The van der Waals surface area contributed by atoms with Crippen molar-refractivity contribution in [3.63, 3.8) is 0 Å². The molecule has 0 saturated carbocycles. The molecule has 3 N–H and O–H groups in total. The first-order valence-corrected chi connectivity index (χ1v) is 6.07. The number of carbonyl (C=O) groups excluding carboxylic acids is 1. The Balaban J connectivity index is 3.15. The molecule has 0 bridgehead atoms. The molecule has 19 heavy (non-hydrogen) atoms. The minimum atomic E-state index is -1.11. The summed E-state index contributed by atoms with van der Waals surface area (Å²) >= 11 is 0. The van der Waals surface area contributed by atoms with Crippen LogP contribution in [-0.4, -0.2) is 42.1 Å². The van der Waals surface area contributed by atoms with Gasteiger partial charge >= 0.3 is 12.0 Å². The van der Waals surface area contributed by atoms with Crippen LogP contribution in [0, 0.1) is 0 Å². The number of amides is 2. The zero-order valence-corrected chi connectivity index (χ0v) is 11.4. The molecule has 1 rings (SSSR count). The van der Waals surface area contributed by atoms with E-state index in [1.807, 2.05) is 13.8 Å². The summed E-state index contributed by atoms with van der Waals surface area (Å²) in [5, 5.41) is 9.17. The van der Waals surface area contributed by atoms with Crippen LogP contribution >= 0.6 is 0 Å². The Morgan fingerprint density at radius 3 is 2.32 bits per heavy atom. The summed E-state index contributed by atoms with van der Waals surface area (Å²) in [4.78, 5) is 26.3. The van der Waals surface area contributed by atoms with Crippen molar-refractivity contribution in [2.24, 2.45) is 0 Å². The SMILES string of the molecule is CCN(CC)C(=O)N(C)c1ccc(N)cc1C(=O)O. The number of hydrogen-bond acceptors (Lipinski definition) is 3. The van der Waals surface area contributed by atoms with Crippen molar-refractivity contribution >= 4 is 23.4 Å². The van der Waals surface area contributed by atoms with Gasteiger partial charge in [-0.05, 0) is 32.0 Å². The number of urea groups is 1. The van der Waals surface area contributed by atoms with E-state index in [9.17, 15) is 9.59 Å². The minimum absolute atomic E-state index is 0.0167. The van der Waals surface area contributed by atoms with Gasteiger partial charge in [0.25, 0.3) is 0 Å². The van der Waals surface area contributed by atoms with E-state index < -0.39 is 5.97 Å². The third-order valence-electron chi connectivity index (χ3n) is 2.93. The molecular weight excluding hydrogens is 246 g/mol. The van der Waals surface area contributed by atoms with Gasteiger partial charge in [0.05, 0.1) is 11.3 Å². The van der Waals surface area contributed by atoms with Crippen molar-refractivity contribution in [1.82, 2.24) is 4.90 Å². The van der Waals surface area contributed by atoms with E-state index in [1.165, 1.54) is 11.0 Å². The van der Waals surface area contributed by atoms with Gasteiger partial charge in [-0.15, -0.1) is 0 Å². The number of rotatable bonds is 4. The Morgan fingerprint density at radius 2 is 1.84 bits per heavy atom. The summed E-state index contributed by atoms with van der Waals surface area (Å²) in [5.41, 5.74) is 6.28. The van der Waals surface area contributed by atoms with Crippen LogP contribution in [0.3, 0.4) is 0 Å². The number of benzene rings is 1. The van der Waals surface area contributed by atoms with Crippen molar-refractivity contribution < 1.29 is 14.7 Å². The van der Waals surface area contributed by atoms with Gasteiger partial charge in [0.1, 0.15) is 0 Å². The number of carboxylic acid groups (broad SMARTS) is 1. The van der Waals surface area contributed by atoms with Gasteiger partial charge < -0.3 is 15.7 Å². The maximum absolute atomic E-state index is 12.2. The van der Waals surface area contributed by atoms with Crippen molar-refractivity contribution in [1.29, 1.82) is 0 Å². The van der Waals surface area contributed by atoms with E-state index in [0.29, 0.717) is 24.5 Å². The van der Waals surface area contributed by atoms with Crippen LogP contribution in [0.4, 0.5) is 16.2 Å². The predicted octanol–water partition coefficient (Wildman–Crippen LogP) is 1.86. The molecule has 0 fully saturated rings. The number of nitrogens with two attached hydrogens (primary N) is 1. The first-order valence-electron chi connectivity index (χ1n) is 6.07. The second-order valence-corrected chi connectivity index (χ2v) is 4.10. The number of anilines is 2. The highest BCUT2D eigenvalue weighted by Crippen LogP contribution is 2.23. The standard InChI is InChI=1S/C13H19N3O3/c1-4-16(5-2)13(19)15(3)11-7-6-9(14)8-10(11)12(17)18/h6-8H,4-5,14H2,1-3H3,(H,17,18). The van der Waals surface area contributed by atoms with Gasteiger partial charge in [-0.1, -0.05) is 0 Å². The Morgan fingerprint density at radius 1 is 1.26 bits per heavy atom. The maximum atomic E-state index is 12.2. The zero-order chi connectivity index (χ0) is 14.6. The van der Waals surface area contributed by atoms with Crippen LogP contribution in [-0.2, 0) is 0 Å². The second kappa shape index (κ2) is 6.08. The lowest BCUT2D eigenvalue weighted by molar-refractivity contribution is 0.0698. The molecule has 0 aliphatic carbocycles. The fourth-order valence-electron chi connectivity index (χ4n) is 1.83. The Hall–Kier alpha value is -2.24. The van der Waals surface area contributed by atoms with E-state index in [1.54, 1.807) is 24.1 Å². The van der Waals surface area contributed by atoms with Crippen LogP contribution in [0.1, 0.15) is 24.2 Å². The highest BCUT2D eigenvalue weighted by atomic mass is 16.4. The molecular formula is C13H19N3O3. The first-order chi connectivity index (χ1) is 8.92. The molecule has 6 heteroatoms. The fraction of sp³-hybridized carbons (Fsp3) is 0.385. The van der Waals surface area contributed by atoms with Crippen LogP contribution < -0.4 is 10.6 Å². The van der Waals surface area contributed by atoms with Crippen molar-refractivity contribution in [2.75, 3.05) is 30.8 Å². The molecule has 0 heterocycles. The van der Waals surface area contributed by atoms with Crippen LogP contribution in [0.15, 0.2) is 18.2 Å². The summed E-state index contributed by atoms with van der Waals surface area (Å²) in [6.45, 7) is 4.88. The molecule has 0 aliphatic rings. The summed E-state index contributed by atoms with van der Waals surface area (Å²) in [5.74, 6) is -1.11.